The third kappa shape index (κ3) is 4.33. The summed E-state index contributed by atoms with van der Waals surface area (Å²) in [7, 11) is 1.56. The number of nitriles is 1. The molecule has 0 N–H and O–H groups in total. The van der Waals surface area contributed by atoms with Gasteiger partial charge in [0.1, 0.15) is 11.4 Å². The van der Waals surface area contributed by atoms with Gasteiger partial charge in [0.2, 0.25) is 0 Å². The van der Waals surface area contributed by atoms with Crippen LogP contribution in [-0.2, 0) is 4.74 Å². The Bertz CT molecular complexity index is 750. The first-order chi connectivity index (χ1) is 10.8. The molecule has 0 saturated carbocycles. The van der Waals surface area contributed by atoms with Gasteiger partial charge >= 0.3 is 5.97 Å². The molecule has 4 nitrogen and oxygen atoms in total. The highest BCUT2D eigenvalue weighted by molar-refractivity contribution is 5.90. The van der Waals surface area contributed by atoms with Crippen molar-refractivity contribution >= 4 is 5.97 Å². The van der Waals surface area contributed by atoms with Crippen molar-refractivity contribution in [3.63, 3.8) is 0 Å². The topological polar surface area (TPSA) is 59.3 Å². The maximum Gasteiger partial charge on any atom is 0.338 e. The molecule has 2 aromatic rings. The number of esters is 1. The summed E-state index contributed by atoms with van der Waals surface area (Å²) in [5.41, 5.74) is 2.25. The third-order valence-electron chi connectivity index (χ3n) is 3.12. The van der Waals surface area contributed by atoms with Crippen LogP contribution < -0.4 is 4.74 Å². The number of methoxy groups -OCH3 is 1. The van der Waals surface area contributed by atoms with Crippen LogP contribution in [0.25, 0.3) is 11.1 Å². The van der Waals surface area contributed by atoms with Crippen molar-refractivity contribution in [1.82, 2.24) is 0 Å². The molecule has 0 fully saturated rings. The molecular formula is C19H19NO3. The van der Waals surface area contributed by atoms with E-state index in [1.54, 1.807) is 31.4 Å². The minimum absolute atomic E-state index is 0.354. The van der Waals surface area contributed by atoms with Crippen LogP contribution in [0, 0.1) is 11.3 Å². The highest BCUT2D eigenvalue weighted by Gasteiger charge is 2.17. The number of benzene rings is 2. The minimum Gasteiger partial charge on any atom is -0.497 e. The van der Waals surface area contributed by atoms with Gasteiger partial charge in [-0.05, 0) is 62.2 Å². The predicted octanol–water partition coefficient (Wildman–Crippen LogP) is 4.19. The minimum atomic E-state index is -0.524. The van der Waals surface area contributed by atoms with E-state index in [9.17, 15) is 4.79 Å². The molecule has 0 heterocycles. The van der Waals surface area contributed by atoms with Gasteiger partial charge < -0.3 is 9.47 Å². The summed E-state index contributed by atoms with van der Waals surface area (Å²) in [5.74, 6) is 0.266. The van der Waals surface area contributed by atoms with Crippen LogP contribution in [0.1, 0.15) is 36.7 Å². The van der Waals surface area contributed by atoms with E-state index in [1.165, 1.54) is 0 Å². The first kappa shape index (κ1) is 16.6. The van der Waals surface area contributed by atoms with Crippen molar-refractivity contribution in [2.75, 3.05) is 7.11 Å². The number of carbonyl (C=O) groups is 1. The van der Waals surface area contributed by atoms with E-state index in [-0.39, 0.29) is 5.97 Å². The number of ether oxygens (including phenoxy) is 2. The van der Waals surface area contributed by atoms with E-state index in [2.05, 4.69) is 6.07 Å². The second-order valence-corrected chi connectivity index (χ2v) is 6.14. The average molecular weight is 309 g/mol. The van der Waals surface area contributed by atoms with Crippen molar-refractivity contribution in [1.29, 1.82) is 5.26 Å². The van der Waals surface area contributed by atoms with Gasteiger partial charge in [-0.3, -0.25) is 0 Å². The highest BCUT2D eigenvalue weighted by Crippen LogP contribution is 2.26. The summed E-state index contributed by atoms with van der Waals surface area (Å²) in [6.45, 7) is 5.50. The molecule has 0 aliphatic carbocycles. The lowest BCUT2D eigenvalue weighted by Crippen LogP contribution is -2.23. The summed E-state index contributed by atoms with van der Waals surface area (Å²) >= 11 is 0. The standard InChI is InChI=1S/C19H19NO3/c1-19(2,3)23-18(21)15-7-5-14(6-8-15)16-9-13(12-20)10-17(11-16)22-4/h5-11H,1-4H3. The quantitative estimate of drug-likeness (QED) is 0.798. The Kier molecular flexibility index (Phi) is 4.71. The van der Waals surface area contributed by atoms with Crippen LogP contribution in [-0.4, -0.2) is 18.7 Å². The molecule has 0 aliphatic heterocycles. The SMILES string of the molecule is COc1cc(C#N)cc(-c2ccc(C(=O)OC(C)(C)C)cc2)c1. The predicted molar refractivity (Wildman–Crippen MR) is 88.3 cm³/mol. The van der Waals surface area contributed by atoms with Gasteiger partial charge in [0.15, 0.2) is 0 Å². The molecule has 0 spiro atoms. The van der Waals surface area contributed by atoms with Crippen molar-refractivity contribution in [3.05, 3.63) is 53.6 Å². The average Bonchev–Trinajstić information content (AvgIpc) is 2.52. The van der Waals surface area contributed by atoms with Gasteiger partial charge in [0.05, 0.1) is 24.3 Å². The molecular weight excluding hydrogens is 290 g/mol. The Morgan fingerprint density at radius 2 is 1.70 bits per heavy atom. The molecule has 0 saturated heterocycles. The lowest BCUT2D eigenvalue weighted by atomic mass is 10.0. The molecule has 0 bridgehead atoms. The molecule has 118 valence electrons. The van der Waals surface area contributed by atoms with E-state index >= 15 is 0 Å². The lowest BCUT2D eigenvalue weighted by molar-refractivity contribution is 0.00696. The Labute approximate surface area is 136 Å². The Hall–Kier alpha value is -2.80. The zero-order chi connectivity index (χ0) is 17.0. The van der Waals surface area contributed by atoms with Crippen LogP contribution in [0.5, 0.6) is 5.75 Å². The number of rotatable bonds is 3. The molecule has 23 heavy (non-hydrogen) atoms. The first-order valence-corrected chi connectivity index (χ1v) is 7.25. The number of hydrogen-bond donors (Lipinski definition) is 0. The molecule has 0 aliphatic rings. The fourth-order valence-electron chi connectivity index (χ4n) is 2.08. The summed E-state index contributed by atoms with van der Waals surface area (Å²) in [4.78, 5) is 12.0. The maximum atomic E-state index is 12.0. The van der Waals surface area contributed by atoms with Crippen molar-refractivity contribution in [2.24, 2.45) is 0 Å². The molecule has 0 radical (unpaired) electrons. The Morgan fingerprint density at radius 1 is 1.04 bits per heavy atom. The van der Waals surface area contributed by atoms with Crippen molar-refractivity contribution in [3.8, 4) is 22.9 Å². The van der Waals surface area contributed by atoms with Crippen LogP contribution in [0.3, 0.4) is 0 Å². The number of nitrogens with zero attached hydrogens (tertiary/aromatic N) is 1. The second-order valence-electron chi connectivity index (χ2n) is 6.14. The van der Waals surface area contributed by atoms with Crippen molar-refractivity contribution < 1.29 is 14.3 Å². The summed E-state index contributed by atoms with van der Waals surface area (Å²) in [6.07, 6.45) is 0. The number of hydrogen-bond acceptors (Lipinski definition) is 4. The van der Waals surface area contributed by atoms with E-state index in [1.807, 2.05) is 39.0 Å². The molecule has 0 unspecified atom stereocenters. The maximum absolute atomic E-state index is 12.0. The zero-order valence-corrected chi connectivity index (χ0v) is 13.7. The van der Waals surface area contributed by atoms with Crippen LogP contribution in [0.15, 0.2) is 42.5 Å². The van der Waals surface area contributed by atoms with Crippen LogP contribution in [0.2, 0.25) is 0 Å². The molecule has 0 amide bonds. The van der Waals surface area contributed by atoms with E-state index < -0.39 is 5.60 Å². The van der Waals surface area contributed by atoms with Gasteiger partial charge in [-0.25, -0.2) is 4.79 Å². The van der Waals surface area contributed by atoms with Crippen molar-refractivity contribution in [2.45, 2.75) is 26.4 Å². The van der Waals surface area contributed by atoms with Crippen LogP contribution in [0.4, 0.5) is 0 Å². The summed E-state index contributed by atoms with van der Waals surface area (Å²) < 4.78 is 10.6. The van der Waals surface area contributed by atoms with Gasteiger partial charge in [-0.1, -0.05) is 12.1 Å². The van der Waals surface area contributed by atoms with E-state index in [4.69, 9.17) is 14.7 Å². The summed E-state index contributed by atoms with van der Waals surface area (Å²) in [5, 5.41) is 9.09. The first-order valence-electron chi connectivity index (χ1n) is 7.25. The normalized spacial score (nSPS) is 10.7. The zero-order valence-electron chi connectivity index (χ0n) is 13.7. The fourth-order valence-corrected chi connectivity index (χ4v) is 2.08. The molecule has 0 aromatic heterocycles. The molecule has 4 heteroatoms. The fraction of sp³-hybridized carbons (Fsp3) is 0.263. The third-order valence-corrected chi connectivity index (χ3v) is 3.12. The second kappa shape index (κ2) is 6.53. The van der Waals surface area contributed by atoms with Gasteiger partial charge in [0, 0.05) is 0 Å². The smallest absolute Gasteiger partial charge is 0.338 e. The Balaban J connectivity index is 2.30. The monoisotopic (exact) mass is 309 g/mol. The lowest BCUT2D eigenvalue weighted by Gasteiger charge is -2.19. The van der Waals surface area contributed by atoms with Crippen LogP contribution >= 0.6 is 0 Å². The number of carbonyl (C=O) groups excluding carboxylic acids is 1. The molecule has 0 atom stereocenters. The molecule has 2 rings (SSSR count). The Morgan fingerprint density at radius 3 is 2.22 bits per heavy atom. The highest BCUT2D eigenvalue weighted by atomic mass is 16.6. The van der Waals surface area contributed by atoms with Gasteiger partial charge in [-0.15, -0.1) is 0 Å². The van der Waals surface area contributed by atoms with E-state index in [0.29, 0.717) is 16.9 Å². The van der Waals surface area contributed by atoms with Gasteiger partial charge in [0.25, 0.3) is 0 Å². The van der Waals surface area contributed by atoms with E-state index in [0.717, 1.165) is 11.1 Å². The van der Waals surface area contributed by atoms with Gasteiger partial charge in [-0.2, -0.15) is 5.26 Å². The largest absolute Gasteiger partial charge is 0.497 e. The molecule has 2 aromatic carbocycles. The summed E-state index contributed by atoms with van der Waals surface area (Å²) in [6, 6.07) is 14.5.